The number of ether oxygens (including phenoxy) is 2. The van der Waals surface area contributed by atoms with E-state index in [1.165, 1.54) is 7.11 Å². The number of hydrogen-bond acceptors (Lipinski definition) is 4. The molecule has 0 spiro atoms. The number of rotatable bonds is 5. The van der Waals surface area contributed by atoms with Crippen LogP contribution in [0, 0.1) is 11.3 Å². The lowest BCUT2D eigenvalue weighted by molar-refractivity contribution is -0.164. The molecule has 2 atom stereocenters. The summed E-state index contributed by atoms with van der Waals surface area (Å²) >= 11 is 0. The third-order valence-electron chi connectivity index (χ3n) is 3.43. The molecule has 1 aliphatic rings. The number of methoxy groups -OCH3 is 1. The lowest BCUT2D eigenvalue weighted by Crippen LogP contribution is -2.30. The highest BCUT2D eigenvalue weighted by atomic mass is 16.6. The Morgan fingerprint density at radius 2 is 2.05 bits per heavy atom. The molecule has 0 radical (unpaired) electrons. The Morgan fingerprint density at radius 1 is 1.37 bits per heavy atom. The van der Waals surface area contributed by atoms with Gasteiger partial charge in [-0.3, -0.25) is 9.59 Å². The van der Waals surface area contributed by atoms with Crippen LogP contribution in [0.2, 0.25) is 0 Å². The van der Waals surface area contributed by atoms with Gasteiger partial charge in [-0.05, 0) is 12.0 Å². The van der Waals surface area contributed by atoms with Gasteiger partial charge in [-0.15, -0.1) is 6.58 Å². The summed E-state index contributed by atoms with van der Waals surface area (Å²) in [6, 6.07) is 9.33. The fourth-order valence-corrected chi connectivity index (χ4v) is 2.16. The quantitative estimate of drug-likeness (QED) is 0.462. The monoisotopic (exact) mass is 260 g/mol. The van der Waals surface area contributed by atoms with Crippen LogP contribution in [-0.2, 0) is 25.7 Å². The summed E-state index contributed by atoms with van der Waals surface area (Å²) in [5.41, 5.74) is -0.294. The predicted octanol–water partition coefficient (Wildman–Crippen LogP) is 2.10. The molecule has 0 aliphatic heterocycles. The molecule has 4 heteroatoms. The van der Waals surface area contributed by atoms with Gasteiger partial charge in [-0.25, -0.2) is 0 Å². The Morgan fingerprint density at radius 3 is 2.58 bits per heavy atom. The third kappa shape index (κ3) is 2.38. The van der Waals surface area contributed by atoms with Crippen molar-refractivity contribution in [3.05, 3.63) is 48.6 Å². The smallest absolute Gasteiger partial charge is 0.324 e. The second-order valence-corrected chi connectivity index (χ2v) is 4.57. The van der Waals surface area contributed by atoms with E-state index in [1.807, 2.05) is 30.3 Å². The van der Waals surface area contributed by atoms with Crippen LogP contribution in [0.5, 0.6) is 0 Å². The largest absolute Gasteiger partial charge is 0.468 e. The van der Waals surface area contributed by atoms with Crippen LogP contribution in [0.1, 0.15) is 12.0 Å². The van der Waals surface area contributed by atoms with Gasteiger partial charge in [0.2, 0.25) is 0 Å². The summed E-state index contributed by atoms with van der Waals surface area (Å²) in [5.74, 6) is -1.27. The molecule has 1 fully saturated rings. The standard InChI is InChI=1S/C15H16O4/c1-3-12-9-15(12,13(16)18-2)14(17)19-10-11-7-5-4-6-8-11/h3-8,12H,1,9-10H2,2H3. The molecule has 1 aromatic rings. The second kappa shape index (κ2) is 5.26. The van der Waals surface area contributed by atoms with Gasteiger partial charge in [-0.2, -0.15) is 0 Å². The van der Waals surface area contributed by atoms with Crippen LogP contribution in [0.15, 0.2) is 43.0 Å². The first-order valence-corrected chi connectivity index (χ1v) is 6.07. The molecule has 0 aromatic heterocycles. The average Bonchev–Trinajstić information content (AvgIpc) is 3.21. The van der Waals surface area contributed by atoms with Crippen molar-refractivity contribution in [3.8, 4) is 0 Å². The number of carbonyl (C=O) groups excluding carboxylic acids is 2. The topological polar surface area (TPSA) is 52.6 Å². The molecule has 100 valence electrons. The molecule has 2 unspecified atom stereocenters. The SMILES string of the molecule is C=CC1CC1(C(=O)OC)C(=O)OCc1ccccc1. The number of esters is 2. The van der Waals surface area contributed by atoms with Crippen molar-refractivity contribution in [1.29, 1.82) is 0 Å². The molecule has 0 amide bonds. The molecular formula is C15H16O4. The zero-order valence-corrected chi connectivity index (χ0v) is 10.8. The third-order valence-corrected chi connectivity index (χ3v) is 3.43. The highest BCUT2D eigenvalue weighted by molar-refractivity contribution is 6.04. The molecule has 19 heavy (non-hydrogen) atoms. The maximum absolute atomic E-state index is 12.1. The molecule has 2 rings (SSSR count). The van der Waals surface area contributed by atoms with E-state index in [2.05, 4.69) is 6.58 Å². The Kier molecular flexibility index (Phi) is 3.69. The van der Waals surface area contributed by atoms with Gasteiger partial charge in [-0.1, -0.05) is 36.4 Å². The fourth-order valence-electron chi connectivity index (χ4n) is 2.16. The number of carbonyl (C=O) groups is 2. The van der Waals surface area contributed by atoms with Gasteiger partial charge >= 0.3 is 11.9 Å². The number of benzene rings is 1. The first kappa shape index (κ1) is 13.3. The van der Waals surface area contributed by atoms with Crippen LogP contribution in [-0.4, -0.2) is 19.0 Å². The van der Waals surface area contributed by atoms with Crippen LogP contribution >= 0.6 is 0 Å². The maximum Gasteiger partial charge on any atom is 0.324 e. The highest BCUT2D eigenvalue weighted by Gasteiger charge is 2.66. The lowest BCUT2D eigenvalue weighted by atomic mass is 10.0. The number of hydrogen-bond donors (Lipinski definition) is 0. The van der Waals surface area contributed by atoms with Crippen molar-refractivity contribution in [2.75, 3.05) is 7.11 Å². The van der Waals surface area contributed by atoms with E-state index in [4.69, 9.17) is 9.47 Å². The molecule has 0 heterocycles. The first-order valence-electron chi connectivity index (χ1n) is 6.07. The van der Waals surface area contributed by atoms with Gasteiger partial charge in [0.05, 0.1) is 7.11 Å². The summed E-state index contributed by atoms with van der Waals surface area (Å²) in [5, 5.41) is 0. The van der Waals surface area contributed by atoms with Gasteiger partial charge in [0, 0.05) is 5.92 Å². The summed E-state index contributed by atoms with van der Waals surface area (Å²) in [6.45, 7) is 3.77. The van der Waals surface area contributed by atoms with E-state index < -0.39 is 17.4 Å². The molecular weight excluding hydrogens is 244 g/mol. The molecule has 1 aromatic carbocycles. The van der Waals surface area contributed by atoms with Crippen molar-refractivity contribution >= 4 is 11.9 Å². The van der Waals surface area contributed by atoms with Crippen LogP contribution in [0.4, 0.5) is 0 Å². The first-order chi connectivity index (χ1) is 9.15. The van der Waals surface area contributed by atoms with Crippen molar-refractivity contribution in [1.82, 2.24) is 0 Å². The average molecular weight is 260 g/mol. The predicted molar refractivity (Wildman–Crippen MR) is 69.0 cm³/mol. The minimum absolute atomic E-state index is 0.155. The summed E-state index contributed by atoms with van der Waals surface area (Å²) in [7, 11) is 1.27. The Bertz CT molecular complexity index is 494. The number of allylic oxidation sites excluding steroid dienone is 1. The highest BCUT2D eigenvalue weighted by Crippen LogP contribution is 2.55. The molecule has 0 bridgehead atoms. The minimum Gasteiger partial charge on any atom is -0.468 e. The Balaban J connectivity index is 2.02. The molecule has 0 N–H and O–H groups in total. The van der Waals surface area contributed by atoms with E-state index in [0.29, 0.717) is 6.42 Å². The van der Waals surface area contributed by atoms with Crippen molar-refractivity contribution in [2.24, 2.45) is 11.3 Å². The Hall–Kier alpha value is -2.10. The minimum atomic E-state index is -1.18. The summed E-state index contributed by atoms with van der Waals surface area (Å²) < 4.78 is 9.92. The maximum atomic E-state index is 12.1. The van der Waals surface area contributed by atoms with Gasteiger partial charge in [0.15, 0.2) is 5.41 Å². The lowest BCUT2D eigenvalue weighted by Gasteiger charge is -2.13. The molecule has 1 saturated carbocycles. The van der Waals surface area contributed by atoms with Crippen LogP contribution < -0.4 is 0 Å². The van der Waals surface area contributed by atoms with Crippen molar-refractivity contribution in [2.45, 2.75) is 13.0 Å². The summed E-state index contributed by atoms with van der Waals surface area (Å²) in [6.07, 6.45) is 2.01. The zero-order valence-electron chi connectivity index (χ0n) is 10.8. The zero-order chi connectivity index (χ0) is 13.9. The second-order valence-electron chi connectivity index (χ2n) is 4.57. The van der Waals surface area contributed by atoms with E-state index in [1.54, 1.807) is 6.08 Å². The van der Waals surface area contributed by atoms with E-state index in [0.717, 1.165) is 5.56 Å². The van der Waals surface area contributed by atoms with Crippen molar-refractivity contribution < 1.29 is 19.1 Å². The Labute approximate surface area is 112 Å². The van der Waals surface area contributed by atoms with Gasteiger partial charge < -0.3 is 9.47 Å². The normalized spacial score (nSPS) is 24.4. The molecule has 0 saturated heterocycles. The molecule has 1 aliphatic carbocycles. The van der Waals surface area contributed by atoms with Crippen LogP contribution in [0.25, 0.3) is 0 Å². The fraction of sp³-hybridized carbons (Fsp3) is 0.333. The van der Waals surface area contributed by atoms with E-state index in [-0.39, 0.29) is 12.5 Å². The van der Waals surface area contributed by atoms with Crippen LogP contribution in [0.3, 0.4) is 0 Å². The molecule has 4 nitrogen and oxygen atoms in total. The van der Waals surface area contributed by atoms with E-state index >= 15 is 0 Å². The summed E-state index contributed by atoms with van der Waals surface area (Å²) in [4.78, 5) is 23.8. The van der Waals surface area contributed by atoms with Crippen molar-refractivity contribution in [3.63, 3.8) is 0 Å². The van der Waals surface area contributed by atoms with E-state index in [9.17, 15) is 9.59 Å². The van der Waals surface area contributed by atoms with Gasteiger partial charge in [0.25, 0.3) is 0 Å². The van der Waals surface area contributed by atoms with Gasteiger partial charge in [0.1, 0.15) is 6.61 Å².